The summed E-state index contributed by atoms with van der Waals surface area (Å²) in [5.41, 5.74) is 1.02. The van der Waals surface area contributed by atoms with Gasteiger partial charge in [-0.2, -0.15) is 0 Å². The number of methoxy groups -OCH3 is 3. The van der Waals surface area contributed by atoms with Gasteiger partial charge in [-0.3, -0.25) is 0 Å². The van der Waals surface area contributed by atoms with E-state index in [0.29, 0.717) is 30.3 Å². The summed E-state index contributed by atoms with van der Waals surface area (Å²) in [7, 11) is 4.80. The largest absolute Gasteiger partial charge is 0.493 e. The summed E-state index contributed by atoms with van der Waals surface area (Å²) in [4.78, 5) is 2.31. The fourth-order valence-electron chi connectivity index (χ4n) is 2.95. The van der Waals surface area contributed by atoms with Crippen LogP contribution in [0, 0.1) is 0 Å². The highest BCUT2D eigenvalue weighted by Gasteiger charge is 2.16. The molecule has 2 rings (SSSR count). The molecule has 2 N–H and O–H groups in total. The van der Waals surface area contributed by atoms with Crippen LogP contribution in [-0.2, 0) is 6.54 Å². The maximum absolute atomic E-state index is 10.1. The average Bonchev–Trinajstić information content (AvgIpc) is 3.06. The van der Waals surface area contributed by atoms with Crippen molar-refractivity contribution in [3.8, 4) is 17.2 Å². The molecule has 130 valence electrons. The van der Waals surface area contributed by atoms with Crippen molar-refractivity contribution in [1.29, 1.82) is 0 Å². The van der Waals surface area contributed by atoms with Crippen LogP contribution < -0.4 is 19.5 Å². The highest BCUT2D eigenvalue weighted by atomic mass is 16.5. The highest BCUT2D eigenvalue weighted by molar-refractivity contribution is 5.53. The molecule has 0 bridgehead atoms. The third-order valence-electron chi connectivity index (χ3n) is 4.10. The lowest BCUT2D eigenvalue weighted by atomic mass is 10.1. The third-order valence-corrected chi connectivity index (χ3v) is 4.10. The van der Waals surface area contributed by atoms with Crippen LogP contribution in [0.25, 0.3) is 0 Å². The molecule has 23 heavy (non-hydrogen) atoms. The van der Waals surface area contributed by atoms with Gasteiger partial charge < -0.3 is 29.5 Å². The Morgan fingerprint density at radius 2 is 1.70 bits per heavy atom. The van der Waals surface area contributed by atoms with E-state index in [4.69, 9.17) is 14.2 Å². The number of nitrogens with one attached hydrogen (secondary N) is 1. The molecule has 1 unspecified atom stereocenters. The van der Waals surface area contributed by atoms with Crippen molar-refractivity contribution in [3.05, 3.63) is 17.7 Å². The molecule has 1 aliphatic rings. The summed E-state index contributed by atoms with van der Waals surface area (Å²) in [6.07, 6.45) is 2.13. The number of rotatable bonds is 9. The van der Waals surface area contributed by atoms with E-state index in [0.717, 1.165) is 25.2 Å². The van der Waals surface area contributed by atoms with E-state index >= 15 is 0 Å². The number of hydrogen-bond donors (Lipinski definition) is 2. The molecule has 6 nitrogen and oxygen atoms in total. The van der Waals surface area contributed by atoms with Crippen LogP contribution in [0.3, 0.4) is 0 Å². The van der Waals surface area contributed by atoms with Gasteiger partial charge in [0.25, 0.3) is 0 Å². The van der Waals surface area contributed by atoms with Crippen LogP contribution in [0.5, 0.6) is 17.2 Å². The Bertz CT molecular complexity index is 464. The Kier molecular flexibility index (Phi) is 6.95. The van der Waals surface area contributed by atoms with E-state index in [-0.39, 0.29) is 6.10 Å². The van der Waals surface area contributed by atoms with Crippen LogP contribution in [0.1, 0.15) is 18.4 Å². The summed E-state index contributed by atoms with van der Waals surface area (Å²) < 4.78 is 16.0. The smallest absolute Gasteiger partial charge is 0.203 e. The van der Waals surface area contributed by atoms with Crippen molar-refractivity contribution < 1.29 is 19.3 Å². The van der Waals surface area contributed by atoms with Crippen LogP contribution >= 0.6 is 0 Å². The van der Waals surface area contributed by atoms with Crippen molar-refractivity contribution in [2.24, 2.45) is 0 Å². The predicted molar refractivity (Wildman–Crippen MR) is 89.5 cm³/mol. The lowest BCUT2D eigenvalue weighted by molar-refractivity contribution is 0.123. The van der Waals surface area contributed by atoms with Crippen molar-refractivity contribution in [1.82, 2.24) is 10.2 Å². The topological polar surface area (TPSA) is 63.2 Å². The summed E-state index contributed by atoms with van der Waals surface area (Å²) in [5.74, 6) is 1.87. The fourth-order valence-corrected chi connectivity index (χ4v) is 2.95. The average molecular weight is 324 g/mol. The van der Waals surface area contributed by atoms with Gasteiger partial charge in [-0.05, 0) is 43.6 Å². The number of likely N-dealkylation sites (tertiary alicyclic amines) is 1. The van der Waals surface area contributed by atoms with Crippen molar-refractivity contribution in [2.75, 3.05) is 47.5 Å². The Labute approximate surface area is 138 Å². The summed E-state index contributed by atoms with van der Waals surface area (Å²) >= 11 is 0. The monoisotopic (exact) mass is 324 g/mol. The summed E-state index contributed by atoms with van der Waals surface area (Å²) in [5, 5.41) is 13.4. The number of nitrogens with zero attached hydrogens (tertiary/aromatic N) is 1. The van der Waals surface area contributed by atoms with E-state index in [1.54, 1.807) is 21.3 Å². The van der Waals surface area contributed by atoms with E-state index < -0.39 is 0 Å². The van der Waals surface area contributed by atoms with Gasteiger partial charge in [-0.25, -0.2) is 0 Å². The molecule has 0 aromatic heterocycles. The predicted octanol–water partition coefficient (Wildman–Crippen LogP) is 1.26. The van der Waals surface area contributed by atoms with Gasteiger partial charge in [0, 0.05) is 19.6 Å². The molecule has 1 fully saturated rings. The number of hydrogen-bond acceptors (Lipinski definition) is 6. The molecule has 1 aromatic carbocycles. The van der Waals surface area contributed by atoms with Gasteiger partial charge in [0.1, 0.15) is 0 Å². The molecule has 0 radical (unpaired) electrons. The minimum atomic E-state index is -0.352. The van der Waals surface area contributed by atoms with Crippen LogP contribution in [-0.4, -0.2) is 63.6 Å². The van der Waals surface area contributed by atoms with Gasteiger partial charge in [-0.1, -0.05) is 0 Å². The van der Waals surface area contributed by atoms with E-state index in [1.165, 1.54) is 12.8 Å². The molecule has 1 aromatic rings. The van der Waals surface area contributed by atoms with Crippen LogP contribution in [0.2, 0.25) is 0 Å². The van der Waals surface area contributed by atoms with Gasteiger partial charge in [0.2, 0.25) is 5.75 Å². The molecule has 6 heteroatoms. The molecule has 0 aliphatic carbocycles. The van der Waals surface area contributed by atoms with E-state index in [1.807, 2.05) is 12.1 Å². The van der Waals surface area contributed by atoms with Gasteiger partial charge in [-0.15, -0.1) is 0 Å². The zero-order chi connectivity index (χ0) is 16.7. The lowest BCUT2D eigenvalue weighted by Gasteiger charge is -2.20. The molecule has 0 saturated carbocycles. The normalized spacial score (nSPS) is 16.3. The highest BCUT2D eigenvalue weighted by Crippen LogP contribution is 2.38. The SMILES string of the molecule is COc1cc(CNCC(O)CN2CCCC2)cc(OC)c1OC. The zero-order valence-electron chi connectivity index (χ0n) is 14.3. The minimum absolute atomic E-state index is 0.352. The first-order chi connectivity index (χ1) is 11.2. The quantitative estimate of drug-likeness (QED) is 0.713. The fraction of sp³-hybridized carbons (Fsp3) is 0.647. The Balaban J connectivity index is 1.87. The first kappa shape index (κ1) is 17.8. The lowest BCUT2D eigenvalue weighted by Crippen LogP contribution is -2.36. The third kappa shape index (κ3) is 4.99. The van der Waals surface area contributed by atoms with Crippen LogP contribution in [0.4, 0.5) is 0 Å². The zero-order valence-corrected chi connectivity index (χ0v) is 14.3. The Hall–Kier alpha value is -1.50. The standard InChI is InChI=1S/C17H28N2O4/c1-21-15-8-13(9-16(22-2)17(15)23-3)10-18-11-14(20)12-19-6-4-5-7-19/h8-9,14,18,20H,4-7,10-12H2,1-3H3. The molecular formula is C17H28N2O4. The van der Waals surface area contributed by atoms with Crippen molar-refractivity contribution in [3.63, 3.8) is 0 Å². The first-order valence-electron chi connectivity index (χ1n) is 8.08. The van der Waals surface area contributed by atoms with Crippen molar-refractivity contribution in [2.45, 2.75) is 25.5 Å². The maximum Gasteiger partial charge on any atom is 0.203 e. The number of aliphatic hydroxyl groups is 1. The molecule has 1 atom stereocenters. The maximum atomic E-state index is 10.1. The molecule has 1 saturated heterocycles. The van der Waals surface area contributed by atoms with Crippen molar-refractivity contribution >= 4 is 0 Å². The minimum Gasteiger partial charge on any atom is -0.493 e. The second kappa shape index (κ2) is 8.96. The van der Waals surface area contributed by atoms with E-state index in [2.05, 4.69) is 10.2 Å². The molecule has 1 heterocycles. The number of ether oxygens (including phenoxy) is 3. The van der Waals surface area contributed by atoms with Gasteiger partial charge in [0.15, 0.2) is 11.5 Å². The summed E-state index contributed by atoms with van der Waals surface area (Å²) in [6.45, 7) is 4.14. The second-order valence-electron chi connectivity index (χ2n) is 5.83. The molecular weight excluding hydrogens is 296 g/mol. The van der Waals surface area contributed by atoms with E-state index in [9.17, 15) is 5.11 Å². The van der Waals surface area contributed by atoms with Gasteiger partial charge >= 0.3 is 0 Å². The van der Waals surface area contributed by atoms with Crippen LogP contribution in [0.15, 0.2) is 12.1 Å². The molecule has 0 amide bonds. The number of benzene rings is 1. The molecule has 0 spiro atoms. The molecule has 1 aliphatic heterocycles. The van der Waals surface area contributed by atoms with Gasteiger partial charge in [0.05, 0.1) is 27.4 Å². The Morgan fingerprint density at radius 3 is 2.22 bits per heavy atom. The summed E-state index contributed by atoms with van der Waals surface area (Å²) in [6, 6.07) is 3.84. The Morgan fingerprint density at radius 1 is 1.09 bits per heavy atom. The first-order valence-corrected chi connectivity index (χ1v) is 8.08. The number of β-amino-alcohol motifs (C(OH)–C–C–N with tert-alkyl or cyclic N) is 1. The second-order valence-corrected chi connectivity index (χ2v) is 5.83. The number of aliphatic hydroxyl groups excluding tert-OH is 1.